The summed E-state index contributed by atoms with van der Waals surface area (Å²) in [6.07, 6.45) is 2.73. The number of halogens is 1. The molecule has 4 rings (SSSR count). The molecule has 3 aromatic heterocycles. The molecule has 0 spiro atoms. The molecule has 0 aromatic carbocycles. The van der Waals surface area contributed by atoms with Crippen molar-refractivity contribution in [1.29, 1.82) is 0 Å². The van der Waals surface area contributed by atoms with Gasteiger partial charge in [0.1, 0.15) is 11.3 Å². The standard InChI is InChI=1S/C14H13ClN4O2/c1-8-12(19-6-10(15)2-3-11(19)16-8)14-17-13(18-21-14)9-4-5-20-7-9/h2-3,6,9H,4-5,7H2,1H3. The molecule has 0 N–H and O–H groups in total. The van der Waals surface area contributed by atoms with Gasteiger partial charge in [0, 0.05) is 18.7 Å². The largest absolute Gasteiger partial charge is 0.381 e. The van der Waals surface area contributed by atoms with Crippen molar-refractivity contribution < 1.29 is 9.26 Å². The molecule has 0 aliphatic carbocycles. The van der Waals surface area contributed by atoms with Gasteiger partial charge in [-0.2, -0.15) is 4.98 Å². The quantitative estimate of drug-likeness (QED) is 0.728. The topological polar surface area (TPSA) is 65.5 Å². The maximum atomic E-state index is 6.06. The Kier molecular flexibility index (Phi) is 2.94. The monoisotopic (exact) mass is 304 g/mol. The number of rotatable bonds is 2. The lowest BCUT2D eigenvalue weighted by atomic mass is 10.1. The summed E-state index contributed by atoms with van der Waals surface area (Å²) in [6, 6.07) is 3.67. The SMILES string of the molecule is Cc1nc2ccc(Cl)cn2c1-c1nc(C2CCOC2)no1. The van der Waals surface area contributed by atoms with E-state index >= 15 is 0 Å². The highest BCUT2D eigenvalue weighted by atomic mass is 35.5. The van der Waals surface area contributed by atoms with Gasteiger partial charge in [0.2, 0.25) is 0 Å². The summed E-state index contributed by atoms with van der Waals surface area (Å²) in [5, 5.41) is 4.71. The highest BCUT2D eigenvalue weighted by molar-refractivity contribution is 6.30. The summed E-state index contributed by atoms with van der Waals surface area (Å²) >= 11 is 6.06. The number of ether oxygens (including phenoxy) is 1. The molecule has 1 aliphatic rings. The Balaban J connectivity index is 1.82. The van der Waals surface area contributed by atoms with E-state index in [4.69, 9.17) is 20.9 Å². The molecule has 21 heavy (non-hydrogen) atoms. The van der Waals surface area contributed by atoms with Gasteiger partial charge in [-0.25, -0.2) is 4.98 Å². The summed E-state index contributed by atoms with van der Waals surface area (Å²) in [4.78, 5) is 9.00. The van der Waals surface area contributed by atoms with Crippen LogP contribution in [0.5, 0.6) is 0 Å². The van der Waals surface area contributed by atoms with Gasteiger partial charge < -0.3 is 9.26 Å². The minimum absolute atomic E-state index is 0.213. The summed E-state index contributed by atoms with van der Waals surface area (Å²) in [7, 11) is 0. The zero-order chi connectivity index (χ0) is 14.4. The van der Waals surface area contributed by atoms with E-state index in [9.17, 15) is 0 Å². The van der Waals surface area contributed by atoms with Crippen LogP contribution >= 0.6 is 11.6 Å². The van der Waals surface area contributed by atoms with Crippen molar-refractivity contribution in [1.82, 2.24) is 19.5 Å². The van der Waals surface area contributed by atoms with E-state index < -0.39 is 0 Å². The first-order valence-electron chi connectivity index (χ1n) is 6.78. The predicted molar refractivity (Wildman–Crippen MR) is 76.4 cm³/mol. The molecule has 1 saturated heterocycles. The number of hydrogen-bond donors (Lipinski definition) is 0. The predicted octanol–water partition coefficient (Wildman–Crippen LogP) is 2.85. The molecule has 1 fully saturated rings. The summed E-state index contributed by atoms with van der Waals surface area (Å²) in [6.45, 7) is 3.31. The molecule has 1 unspecified atom stereocenters. The number of nitrogens with zero attached hydrogens (tertiary/aromatic N) is 4. The minimum Gasteiger partial charge on any atom is -0.381 e. The second kappa shape index (κ2) is 4.82. The normalized spacial score (nSPS) is 18.7. The molecule has 0 saturated carbocycles. The average molecular weight is 305 g/mol. The smallest absolute Gasteiger partial charge is 0.276 e. The van der Waals surface area contributed by atoms with E-state index in [1.165, 1.54) is 0 Å². The lowest BCUT2D eigenvalue weighted by Crippen LogP contribution is -1.99. The lowest BCUT2D eigenvalue weighted by Gasteiger charge is -1.99. The van der Waals surface area contributed by atoms with Crippen molar-refractivity contribution in [3.8, 4) is 11.6 Å². The van der Waals surface area contributed by atoms with Gasteiger partial charge in [0.05, 0.1) is 17.3 Å². The summed E-state index contributed by atoms with van der Waals surface area (Å²) < 4.78 is 12.7. The van der Waals surface area contributed by atoms with Gasteiger partial charge in [-0.05, 0) is 25.5 Å². The Morgan fingerprint density at radius 2 is 2.24 bits per heavy atom. The molecule has 1 aliphatic heterocycles. The first-order valence-corrected chi connectivity index (χ1v) is 7.16. The molecular weight excluding hydrogens is 292 g/mol. The Labute approximate surface area is 125 Å². The van der Waals surface area contributed by atoms with Crippen molar-refractivity contribution in [2.45, 2.75) is 19.3 Å². The summed E-state index contributed by atoms with van der Waals surface area (Å²) in [5.74, 6) is 1.37. The van der Waals surface area contributed by atoms with Gasteiger partial charge in [0.15, 0.2) is 5.82 Å². The van der Waals surface area contributed by atoms with Crippen LogP contribution in [0, 0.1) is 6.92 Å². The first-order chi connectivity index (χ1) is 10.2. The highest BCUT2D eigenvalue weighted by Crippen LogP contribution is 2.28. The Hall–Kier alpha value is -1.92. The van der Waals surface area contributed by atoms with Gasteiger partial charge in [0.25, 0.3) is 5.89 Å². The van der Waals surface area contributed by atoms with Crippen LogP contribution in [0.15, 0.2) is 22.9 Å². The third-order valence-corrected chi connectivity index (χ3v) is 3.92. The van der Waals surface area contributed by atoms with Crippen LogP contribution in [0.1, 0.15) is 23.9 Å². The van der Waals surface area contributed by atoms with Crippen LogP contribution in [-0.2, 0) is 4.74 Å². The van der Waals surface area contributed by atoms with E-state index in [1.54, 1.807) is 6.20 Å². The molecule has 0 bridgehead atoms. The number of aromatic nitrogens is 4. The van der Waals surface area contributed by atoms with Crippen LogP contribution in [0.2, 0.25) is 5.02 Å². The molecule has 0 amide bonds. The maximum absolute atomic E-state index is 6.06. The Morgan fingerprint density at radius 1 is 1.33 bits per heavy atom. The van der Waals surface area contributed by atoms with E-state index in [2.05, 4.69) is 15.1 Å². The number of fused-ring (bicyclic) bond motifs is 1. The van der Waals surface area contributed by atoms with Gasteiger partial charge >= 0.3 is 0 Å². The lowest BCUT2D eigenvalue weighted by molar-refractivity contribution is 0.192. The van der Waals surface area contributed by atoms with Crippen LogP contribution < -0.4 is 0 Å². The fourth-order valence-corrected chi connectivity index (χ4v) is 2.79. The van der Waals surface area contributed by atoms with Gasteiger partial charge in [-0.3, -0.25) is 4.40 Å². The van der Waals surface area contributed by atoms with E-state index in [-0.39, 0.29) is 5.92 Å². The van der Waals surface area contributed by atoms with Crippen LogP contribution in [0.4, 0.5) is 0 Å². The molecule has 3 aromatic rings. The van der Waals surface area contributed by atoms with Crippen molar-refractivity contribution in [2.75, 3.05) is 13.2 Å². The maximum Gasteiger partial charge on any atom is 0.276 e. The molecule has 0 radical (unpaired) electrons. The molecule has 7 heteroatoms. The fraction of sp³-hybridized carbons (Fsp3) is 0.357. The van der Waals surface area contributed by atoms with Crippen LogP contribution in [0.3, 0.4) is 0 Å². The van der Waals surface area contributed by atoms with Crippen LogP contribution in [-0.4, -0.2) is 32.7 Å². The molecule has 1 atom stereocenters. The number of imidazole rings is 1. The second-order valence-corrected chi connectivity index (χ2v) is 5.58. The first kappa shape index (κ1) is 12.8. The molecule has 6 nitrogen and oxygen atoms in total. The zero-order valence-electron chi connectivity index (χ0n) is 11.4. The number of aryl methyl sites for hydroxylation is 1. The molecule has 4 heterocycles. The highest BCUT2D eigenvalue weighted by Gasteiger charge is 2.25. The van der Waals surface area contributed by atoms with E-state index in [0.29, 0.717) is 23.3 Å². The third-order valence-electron chi connectivity index (χ3n) is 3.70. The Morgan fingerprint density at radius 3 is 3.05 bits per heavy atom. The number of pyridine rings is 1. The van der Waals surface area contributed by atoms with Gasteiger partial charge in [-0.15, -0.1) is 0 Å². The Bertz CT molecular complexity index is 805. The number of hydrogen-bond acceptors (Lipinski definition) is 5. The second-order valence-electron chi connectivity index (χ2n) is 5.14. The van der Waals surface area contributed by atoms with Crippen LogP contribution in [0.25, 0.3) is 17.2 Å². The third kappa shape index (κ3) is 2.11. The van der Waals surface area contributed by atoms with Crippen molar-refractivity contribution >= 4 is 17.2 Å². The summed E-state index contributed by atoms with van der Waals surface area (Å²) in [5.41, 5.74) is 2.41. The van der Waals surface area contributed by atoms with Crippen molar-refractivity contribution in [3.05, 3.63) is 34.9 Å². The zero-order valence-corrected chi connectivity index (χ0v) is 12.2. The van der Waals surface area contributed by atoms with E-state index in [1.807, 2.05) is 23.5 Å². The average Bonchev–Trinajstić information content (AvgIpc) is 3.15. The molecule has 108 valence electrons. The van der Waals surface area contributed by atoms with E-state index in [0.717, 1.165) is 30.1 Å². The van der Waals surface area contributed by atoms with Crippen molar-refractivity contribution in [3.63, 3.8) is 0 Å². The van der Waals surface area contributed by atoms with Crippen molar-refractivity contribution in [2.24, 2.45) is 0 Å². The van der Waals surface area contributed by atoms with Gasteiger partial charge in [-0.1, -0.05) is 16.8 Å². The minimum atomic E-state index is 0.213. The fourth-order valence-electron chi connectivity index (χ4n) is 2.63. The molecular formula is C14H13ClN4O2.